The topological polar surface area (TPSA) is 72.4 Å². The van der Waals surface area contributed by atoms with Gasteiger partial charge in [-0.25, -0.2) is 0 Å². The summed E-state index contributed by atoms with van der Waals surface area (Å²) in [7, 11) is 0. The zero-order chi connectivity index (χ0) is 16.8. The molecule has 1 fully saturated rings. The molecule has 0 amide bonds. The molecule has 126 valence electrons. The number of nitrogens with zero attached hydrogens (tertiary/aromatic N) is 2. The van der Waals surface area contributed by atoms with Crippen LogP contribution >= 0.6 is 0 Å². The van der Waals surface area contributed by atoms with Crippen molar-refractivity contribution >= 4 is 0 Å². The van der Waals surface area contributed by atoms with Crippen molar-refractivity contribution in [2.24, 2.45) is 0 Å². The molecule has 1 aliphatic heterocycles. The lowest BCUT2D eigenvalue weighted by Gasteiger charge is -2.32. The van der Waals surface area contributed by atoms with Gasteiger partial charge < -0.3 is 14.8 Å². The largest absolute Gasteiger partial charge is 0.467 e. The second-order valence-electron chi connectivity index (χ2n) is 6.30. The summed E-state index contributed by atoms with van der Waals surface area (Å²) in [5, 5.41) is 22.3. The number of likely N-dealkylation sites (tertiary alicyclic amines) is 1. The lowest BCUT2D eigenvalue weighted by molar-refractivity contribution is 0.131. The van der Waals surface area contributed by atoms with E-state index in [9.17, 15) is 5.11 Å². The standard InChI is InChI=1S/C19H23N3O2/c20-12-15-3-5-16(6-4-15)14-22-9-7-17(8-10-22)21-13-18(23)19-2-1-11-24-19/h1-6,11,17-18,21,23H,7-10,13-14H2. The molecule has 5 nitrogen and oxygen atoms in total. The first-order chi connectivity index (χ1) is 11.7. The number of hydrogen-bond acceptors (Lipinski definition) is 5. The third kappa shape index (κ3) is 4.45. The summed E-state index contributed by atoms with van der Waals surface area (Å²) in [6.07, 6.45) is 3.14. The molecule has 24 heavy (non-hydrogen) atoms. The van der Waals surface area contributed by atoms with Crippen LogP contribution in [-0.4, -0.2) is 35.7 Å². The number of nitrogens with one attached hydrogen (secondary N) is 1. The van der Waals surface area contributed by atoms with Gasteiger partial charge in [0, 0.05) is 19.1 Å². The number of nitriles is 1. The lowest BCUT2D eigenvalue weighted by Crippen LogP contribution is -2.43. The van der Waals surface area contributed by atoms with Crippen LogP contribution in [0.1, 0.15) is 35.8 Å². The summed E-state index contributed by atoms with van der Waals surface area (Å²) in [6, 6.07) is 14.0. The lowest BCUT2D eigenvalue weighted by atomic mass is 10.0. The van der Waals surface area contributed by atoms with Crippen LogP contribution in [0.5, 0.6) is 0 Å². The minimum absolute atomic E-state index is 0.437. The minimum atomic E-state index is -0.586. The molecule has 0 radical (unpaired) electrons. The van der Waals surface area contributed by atoms with Crippen molar-refractivity contribution in [1.82, 2.24) is 10.2 Å². The smallest absolute Gasteiger partial charge is 0.133 e. The monoisotopic (exact) mass is 325 g/mol. The van der Waals surface area contributed by atoms with Gasteiger partial charge in [0.2, 0.25) is 0 Å². The van der Waals surface area contributed by atoms with E-state index in [0.717, 1.165) is 32.5 Å². The average Bonchev–Trinajstić information content (AvgIpc) is 3.16. The first-order valence-electron chi connectivity index (χ1n) is 8.41. The van der Waals surface area contributed by atoms with Gasteiger partial charge in [-0.05, 0) is 55.8 Å². The summed E-state index contributed by atoms with van der Waals surface area (Å²) in [6.45, 7) is 3.52. The van der Waals surface area contributed by atoms with E-state index >= 15 is 0 Å². The molecule has 2 aromatic rings. The highest BCUT2D eigenvalue weighted by Crippen LogP contribution is 2.16. The second kappa shape index (κ2) is 8.11. The fourth-order valence-electron chi connectivity index (χ4n) is 3.10. The molecule has 0 aliphatic carbocycles. The molecule has 1 atom stereocenters. The average molecular weight is 325 g/mol. The number of aliphatic hydroxyl groups excluding tert-OH is 1. The van der Waals surface area contributed by atoms with E-state index < -0.39 is 6.10 Å². The second-order valence-corrected chi connectivity index (χ2v) is 6.30. The Morgan fingerprint density at radius 2 is 2.00 bits per heavy atom. The Balaban J connectivity index is 1.40. The molecule has 0 bridgehead atoms. The first-order valence-corrected chi connectivity index (χ1v) is 8.41. The van der Waals surface area contributed by atoms with Crippen molar-refractivity contribution in [3.8, 4) is 6.07 Å². The quantitative estimate of drug-likeness (QED) is 0.853. The van der Waals surface area contributed by atoms with E-state index in [1.807, 2.05) is 24.3 Å². The summed E-state index contributed by atoms with van der Waals surface area (Å²) in [5.41, 5.74) is 1.95. The van der Waals surface area contributed by atoms with Crippen molar-refractivity contribution in [3.05, 3.63) is 59.5 Å². The predicted octanol–water partition coefficient (Wildman–Crippen LogP) is 2.44. The number of aliphatic hydroxyl groups is 1. The van der Waals surface area contributed by atoms with Gasteiger partial charge in [0.25, 0.3) is 0 Å². The van der Waals surface area contributed by atoms with Crippen molar-refractivity contribution in [3.63, 3.8) is 0 Å². The first kappa shape index (κ1) is 16.7. The number of benzene rings is 1. The molecule has 3 rings (SSSR count). The SMILES string of the molecule is N#Cc1ccc(CN2CCC(NCC(O)c3ccco3)CC2)cc1. The number of furan rings is 1. The van der Waals surface area contributed by atoms with E-state index in [1.54, 1.807) is 18.4 Å². The molecule has 0 saturated carbocycles. The zero-order valence-electron chi connectivity index (χ0n) is 13.7. The molecule has 1 aromatic carbocycles. The maximum Gasteiger partial charge on any atom is 0.133 e. The Hall–Kier alpha value is -2.13. The fraction of sp³-hybridized carbons (Fsp3) is 0.421. The summed E-state index contributed by atoms with van der Waals surface area (Å²) in [5.74, 6) is 0.612. The predicted molar refractivity (Wildman–Crippen MR) is 91.1 cm³/mol. The molecule has 2 N–H and O–H groups in total. The molecule has 1 aliphatic rings. The molecule has 5 heteroatoms. The van der Waals surface area contributed by atoms with E-state index in [4.69, 9.17) is 9.68 Å². The van der Waals surface area contributed by atoms with Crippen LogP contribution in [0.4, 0.5) is 0 Å². The van der Waals surface area contributed by atoms with Gasteiger partial charge in [-0.3, -0.25) is 4.90 Å². The van der Waals surface area contributed by atoms with Crippen LogP contribution in [0.15, 0.2) is 47.1 Å². The highest BCUT2D eigenvalue weighted by atomic mass is 16.4. The summed E-state index contributed by atoms with van der Waals surface area (Å²) in [4.78, 5) is 2.43. The number of hydrogen-bond donors (Lipinski definition) is 2. The third-order valence-corrected chi connectivity index (χ3v) is 4.55. The van der Waals surface area contributed by atoms with Crippen molar-refractivity contribution in [2.45, 2.75) is 31.5 Å². The van der Waals surface area contributed by atoms with Crippen LogP contribution < -0.4 is 5.32 Å². The van der Waals surface area contributed by atoms with Gasteiger partial charge in [0.1, 0.15) is 11.9 Å². The van der Waals surface area contributed by atoms with Crippen LogP contribution in [-0.2, 0) is 6.54 Å². The Morgan fingerprint density at radius 3 is 2.62 bits per heavy atom. The van der Waals surface area contributed by atoms with E-state index in [2.05, 4.69) is 16.3 Å². The third-order valence-electron chi connectivity index (χ3n) is 4.55. The molecule has 2 heterocycles. The van der Waals surface area contributed by atoms with Gasteiger partial charge in [0.05, 0.1) is 17.9 Å². The van der Waals surface area contributed by atoms with Crippen LogP contribution in [0, 0.1) is 11.3 Å². The van der Waals surface area contributed by atoms with Gasteiger partial charge >= 0.3 is 0 Å². The van der Waals surface area contributed by atoms with Crippen molar-refractivity contribution in [1.29, 1.82) is 5.26 Å². The maximum absolute atomic E-state index is 10.0. The number of piperidine rings is 1. The molecule has 1 saturated heterocycles. The molecule has 0 spiro atoms. The van der Waals surface area contributed by atoms with Gasteiger partial charge in [0.15, 0.2) is 0 Å². The zero-order valence-corrected chi connectivity index (χ0v) is 13.7. The normalized spacial score (nSPS) is 17.5. The highest BCUT2D eigenvalue weighted by molar-refractivity contribution is 5.31. The molecular formula is C19H23N3O2. The summed E-state index contributed by atoms with van der Waals surface area (Å²) < 4.78 is 5.22. The highest BCUT2D eigenvalue weighted by Gasteiger charge is 2.20. The van der Waals surface area contributed by atoms with E-state index in [0.29, 0.717) is 23.9 Å². The van der Waals surface area contributed by atoms with Gasteiger partial charge in [-0.2, -0.15) is 5.26 Å². The van der Waals surface area contributed by atoms with Crippen LogP contribution in [0.25, 0.3) is 0 Å². The Labute approximate surface area is 142 Å². The van der Waals surface area contributed by atoms with E-state index in [-0.39, 0.29) is 0 Å². The van der Waals surface area contributed by atoms with Crippen molar-refractivity contribution in [2.75, 3.05) is 19.6 Å². The maximum atomic E-state index is 10.0. The van der Waals surface area contributed by atoms with Crippen LogP contribution in [0.2, 0.25) is 0 Å². The van der Waals surface area contributed by atoms with E-state index in [1.165, 1.54) is 5.56 Å². The summed E-state index contributed by atoms with van der Waals surface area (Å²) >= 11 is 0. The molecular weight excluding hydrogens is 302 g/mol. The minimum Gasteiger partial charge on any atom is -0.467 e. The van der Waals surface area contributed by atoms with Gasteiger partial charge in [-0.15, -0.1) is 0 Å². The number of rotatable bonds is 6. The molecule has 1 unspecified atom stereocenters. The molecule has 1 aromatic heterocycles. The van der Waals surface area contributed by atoms with Crippen molar-refractivity contribution < 1.29 is 9.52 Å². The fourth-order valence-corrected chi connectivity index (χ4v) is 3.10. The van der Waals surface area contributed by atoms with Gasteiger partial charge in [-0.1, -0.05) is 12.1 Å². The Morgan fingerprint density at radius 1 is 1.25 bits per heavy atom. The Bertz CT molecular complexity index is 653. The van der Waals surface area contributed by atoms with Crippen LogP contribution in [0.3, 0.4) is 0 Å². The Kier molecular flexibility index (Phi) is 5.65.